The van der Waals surface area contributed by atoms with Gasteiger partial charge in [-0.25, -0.2) is 4.98 Å². The van der Waals surface area contributed by atoms with E-state index in [1.807, 2.05) is 24.3 Å². The van der Waals surface area contributed by atoms with Gasteiger partial charge in [-0.1, -0.05) is 12.1 Å². The van der Waals surface area contributed by atoms with Crippen molar-refractivity contribution in [3.63, 3.8) is 0 Å². The van der Waals surface area contributed by atoms with Crippen molar-refractivity contribution in [2.75, 3.05) is 13.1 Å². The molecule has 2 bridgehead atoms. The zero-order chi connectivity index (χ0) is 15.4. The first-order chi connectivity index (χ1) is 11.3. The molecule has 5 nitrogen and oxygen atoms in total. The van der Waals surface area contributed by atoms with Crippen LogP contribution < -0.4 is 0 Å². The number of aromatic amines is 1. The smallest absolute Gasteiger partial charge is 0.223 e. The number of aryl methyl sites for hydroxylation is 1. The van der Waals surface area contributed by atoms with Crippen LogP contribution in [0.15, 0.2) is 24.3 Å². The normalized spacial score (nSPS) is 31.9. The van der Waals surface area contributed by atoms with Gasteiger partial charge >= 0.3 is 0 Å². The number of rotatable bonds is 3. The van der Waals surface area contributed by atoms with E-state index in [-0.39, 0.29) is 5.91 Å². The van der Waals surface area contributed by atoms with E-state index in [0.29, 0.717) is 36.9 Å². The molecule has 3 saturated heterocycles. The lowest BCUT2D eigenvalue weighted by Crippen LogP contribution is -2.31. The largest absolute Gasteiger partial charge is 0.374 e. The second kappa shape index (κ2) is 5.06. The number of H-pyrrole nitrogens is 1. The van der Waals surface area contributed by atoms with Crippen LogP contribution in [0.25, 0.3) is 11.0 Å². The number of aromatic nitrogens is 2. The number of carbonyl (C=O) groups is 1. The van der Waals surface area contributed by atoms with Crippen molar-refractivity contribution in [1.82, 2.24) is 14.9 Å². The van der Waals surface area contributed by atoms with Gasteiger partial charge in [0.2, 0.25) is 5.91 Å². The van der Waals surface area contributed by atoms with Gasteiger partial charge in [-0.05, 0) is 25.0 Å². The van der Waals surface area contributed by atoms with Crippen LogP contribution in [0.1, 0.15) is 25.1 Å². The van der Waals surface area contributed by atoms with Gasteiger partial charge in [-0.2, -0.15) is 0 Å². The highest BCUT2D eigenvalue weighted by molar-refractivity contribution is 5.77. The highest BCUT2D eigenvalue weighted by Gasteiger charge is 2.53. The Morgan fingerprint density at radius 1 is 1.22 bits per heavy atom. The Morgan fingerprint density at radius 2 is 1.96 bits per heavy atom. The van der Waals surface area contributed by atoms with Crippen molar-refractivity contribution < 1.29 is 9.53 Å². The first-order valence-electron chi connectivity index (χ1n) is 8.65. The number of imidazole rings is 1. The monoisotopic (exact) mass is 311 g/mol. The molecule has 4 heterocycles. The van der Waals surface area contributed by atoms with E-state index < -0.39 is 0 Å². The molecule has 2 aromatic rings. The van der Waals surface area contributed by atoms with Crippen LogP contribution in [0.3, 0.4) is 0 Å². The van der Waals surface area contributed by atoms with Gasteiger partial charge in [-0.15, -0.1) is 0 Å². The summed E-state index contributed by atoms with van der Waals surface area (Å²) < 4.78 is 5.98. The van der Waals surface area contributed by atoms with Crippen molar-refractivity contribution in [1.29, 1.82) is 0 Å². The number of para-hydroxylation sites is 2. The first kappa shape index (κ1) is 13.5. The molecular formula is C18H21N3O2. The second-order valence-corrected chi connectivity index (χ2v) is 7.12. The Morgan fingerprint density at radius 3 is 2.70 bits per heavy atom. The highest BCUT2D eigenvalue weighted by Crippen LogP contribution is 2.47. The lowest BCUT2D eigenvalue weighted by Gasteiger charge is -2.18. The van der Waals surface area contributed by atoms with Crippen LogP contribution in [-0.2, 0) is 16.0 Å². The van der Waals surface area contributed by atoms with E-state index in [0.717, 1.165) is 29.9 Å². The molecule has 0 aliphatic carbocycles. The Hall–Kier alpha value is -1.88. The van der Waals surface area contributed by atoms with Crippen molar-refractivity contribution in [2.45, 2.75) is 37.9 Å². The molecule has 0 spiro atoms. The molecule has 3 fully saturated rings. The number of hydrogen-bond acceptors (Lipinski definition) is 3. The van der Waals surface area contributed by atoms with Crippen LogP contribution in [0.2, 0.25) is 0 Å². The molecule has 0 radical (unpaired) electrons. The molecular weight excluding hydrogens is 290 g/mol. The molecule has 1 aromatic carbocycles. The molecule has 5 rings (SSSR count). The van der Waals surface area contributed by atoms with E-state index in [1.165, 1.54) is 12.8 Å². The predicted molar refractivity (Wildman–Crippen MR) is 85.9 cm³/mol. The number of nitrogens with one attached hydrogen (secondary N) is 1. The maximum Gasteiger partial charge on any atom is 0.223 e. The third-order valence-corrected chi connectivity index (χ3v) is 5.82. The van der Waals surface area contributed by atoms with E-state index in [9.17, 15) is 4.79 Å². The average Bonchev–Trinajstić information content (AvgIpc) is 3.32. The quantitative estimate of drug-likeness (QED) is 0.945. The zero-order valence-electron chi connectivity index (χ0n) is 13.1. The average molecular weight is 311 g/mol. The van der Waals surface area contributed by atoms with Gasteiger partial charge in [0, 0.05) is 37.8 Å². The fourth-order valence-electron chi connectivity index (χ4n) is 4.67. The fraction of sp³-hybridized carbons (Fsp3) is 0.556. The molecule has 1 aromatic heterocycles. The number of nitrogens with zero attached hydrogens (tertiary/aromatic N) is 2. The number of carbonyl (C=O) groups excluding carboxylic acids is 1. The standard InChI is InChI=1S/C18H21N3O2/c22-18(8-7-17-19-13-3-1-2-4-14(13)20-17)21-9-11-12(10-21)16-6-5-15(11)23-16/h1-4,11-12,15-16H,5-10H2,(H,19,20). The topological polar surface area (TPSA) is 58.2 Å². The number of fused-ring (bicyclic) bond motifs is 6. The van der Waals surface area contributed by atoms with E-state index in [1.54, 1.807) is 0 Å². The first-order valence-corrected chi connectivity index (χ1v) is 8.65. The van der Waals surface area contributed by atoms with Crippen LogP contribution in [0.5, 0.6) is 0 Å². The summed E-state index contributed by atoms with van der Waals surface area (Å²) in [4.78, 5) is 22.5. The second-order valence-electron chi connectivity index (χ2n) is 7.12. The summed E-state index contributed by atoms with van der Waals surface area (Å²) in [6.07, 6.45) is 4.43. The van der Waals surface area contributed by atoms with Gasteiger partial charge in [0.05, 0.1) is 23.2 Å². The van der Waals surface area contributed by atoms with E-state index in [4.69, 9.17) is 4.74 Å². The molecule has 3 aliphatic heterocycles. The molecule has 120 valence electrons. The highest BCUT2D eigenvalue weighted by atomic mass is 16.5. The zero-order valence-corrected chi connectivity index (χ0v) is 13.1. The molecule has 1 N–H and O–H groups in total. The van der Waals surface area contributed by atoms with Gasteiger partial charge in [-0.3, -0.25) is 4.79 Å². The minimum atomic E-state index is 0.263. The van der Waals surface area contributed by atoms with Crippen molar-refractivity contribution in [2.24, 2.45) is 11.8 Å². The summed E-state index contributed by atoms with van der Waals surface area (Å²) in [5.41, 5.74) is 2.01. The summed E-state index contributed by atoms with van der Waals surface area (Å²) in [6, 6.07) is 7.99. The number of ether oxygens (including phenoxy) is 1. The van der Waals surface area contributed by atoms with Gasteiger partial charge in [0.15, 0.2) is 0 Å². The minimum Gasteiger partial charge on any atom is -0.374 e. The Kier molecular flexibility index (Phi) is 2.98. The number of hydrogen-bond donors (Lipinski definition) is 1. The molecule has 1 amide bonds. The summed E-state index contributed by atoms with van der Waals surface area (Å²) in [6.45, 7) is 1.79. The molecule has 3 aliphatic rings. The van der Waals surface area contributed by atoms with Crippen molar-refractivity contribution >= 4 is 16.9 Å². The minimum absolute atomic E-state index is 0.263. The molecule has 4 unspecified atom stereocenters. The predicted octanol–water partition coefficient (Wildman–Crippen LogP) is 2.13. The van der Waals surface area contributed by atoms with E-state index in [2.05, 4.69) is 14.9 Å². The lowest BCUT2D eigenvalue weighted by molar-refractivity contribution is -0.130. The number of benzene rings is 1. The summed E-state index contributed by atoms with van der Waals surface area (Å²) in [5.74, 6) is 2.34. The number of likely N-dealkylation sites (tertiary alicyclic amines) is 1. The third-order valence-electron chi connectivity index (χ3n) is 5.82. The van der Waals surface area contributed by atoms with Crippen LogP contribution in [0, 0.1) is 11.8 Å². The Bertz CT molecular complexity index is 705. The third kappa shape index (κ3) is 2.17. The Labute approximate surface area is 135 Å². The molecule has 4 atom stereocenters. The van der Waals surface area contributed by atoms with Gasteiger partial charge in [0.25, 0.3) is 0 Å². The van der Waals surface area contributed by atoms with Crippen molar-refractivity contribution in [3.8, 4) is 0 Å². The van der Waals surface area contributed by atoms with Crippen molar-refractivity contribution in [3.05, 3.63) is 30.1 Å². The summed E-state index contributed by atoms with van der Waals surface area (Å²) >= 11 is 0. The molecule has 23 heavy (non-hydrogen) atoms. The van der Waals surface area contributed by atoms with Crippen LogP contribution in [0.4, 0.5) is 0 Å². The maximum absolute atomic E-state index is 12.5. The fourth-order valence-corrected chi connectivity index (χ4v) is 4.67. The van der Waals surface area contributed by atoms with Gasteiger partial charge < -0.3 is 14.6 Å². The SMILES string of the molecule is O=C(CCc1nc2ccccc2[nH]1)N1CC2C3CCC(O3)C2C1. The number of amides is 1. The lowest BCUT2D eigenvalue weighted by atomic mass is 9.82. The van der Waals surface area contributed by atoms with Crippen LogP contribution >= 0.6 is 0 Å². The van der Waals surface area contributed by atoms with Gasteiger partial charge in [0.1, 0.15) is 5.82 Å². The van der Waals surface area contributed by atoms with Crippen LogP contribution in [-0.4, -0.2) is 46.1 Å². The maximum atomic E-state index is 12.5. The molecule has 5 heteroatoms. The molecule has 0 saturated carbocycles. The Balaban J connectivity index is 1.22. The summed E-state index contributed by atoms with van der Waals surface area (Å²) in [7, 11) is 0. The van der Waals surface area contributed by atoms with E-state index >= 15 is 0 Å². The summed E-state index contributed by atoms with van der Waals surface area (Å²) in [5, 5.41) is 0.